The first kappa shape index (κ1) is 22.1. The lowest BCUT2D eigenvalue weighted by Gasteiger charge is -2.22. The van der Waals surface area contributed by atoms with Crippen molar-refractivity contribution in [2.24, 2.45) is 0 Å². The van der Waals surface area contributed by atoms with E-state index in [4.69, 9.17) is 4.74 Å². The molecule has 0 unspecified atom stereocenters. The van der Waals surface area contributed by atoms with Gasteiger partial charge in [0, 0.05) is 36.7 Å². The molecule has 34 heavy (non-hydrogen) atoms. The summed E-state index contributed by atoms with van der Waals surface area (Å²) in [5, 5.41) is 0. The van der Waals surface area contributed by atoms with Gasteiger partial charge in [-0.15, -0.1) is 0 Å². The normalized spacial score (nSPS) is 13.0. The van der Waals surface area contributed by atoms with Crippen molar-refractivity contribution in [2.75, 3.05) is 6.61 Å². The Hall–Kier alpha value is -3.66. The Morgan fingerprint density at radius 3 is 2.38 bits per heavy atom. The standard InChI is InChI=1S/C30H30N2O2/c33-28-13-7-12-25-26(28)16-17-29(27(25)15-14-22-8-3-1-4-9-22)34-19-18-30-31-21-24(32-30)20-23-10-5-2-6-11-23/h1-6,8-11,16-17,21H,7,12-15,18-20H2,(H,31,32). The number of ether oxygens (including phenoxy) is 1. The van der Waals surface area contributed by atoms with Crippen LogP contribution in [0.3, 0.4) is 0 Å². The molecule has 0 radical (unpaired) electrons. The van der Waals surface area contributed by atoms with E-state index in [1.165, 1.54) is 22.3 Å². The van der Waals surface area contributed by atoms with Crippen molar-refractivity contribution in [3.05, 3.63) is 118 Å². The van der Waals surface area contributed by atoms with Gasteiger partial charge in [-0.3, -0.25) is 4.79 Å². The van der Waals surface area contributed by atoms with Gasteiger partial charge in [-0.1, -0.05) is 60.7 Å². The van der Waals surface area contributed by atoms with Crippen LogP contribution in [0.1, 0.15) is 57.0 Å². The maximum Gasteiger partial charge on any atom is 0.163 e. The minimum absolute atomic E-state index is 0.260. The van der Waals surface area contributed by atoms with Gasteiger partial charge in [0.15, 0.2) is 5.78 Å². The molecule has 0 bridgehead atoms. The monoisotopic (exact) mass is 450 g/mol. The predicted octanol–water partition coefficient (Wildman–Crippen LogP) is 5.93. The van der Waals surface area contributed by atoms with Gasteiger partial charge in [-0.05, 0) is 60.1 Å². The molecule has 1 aliphatic rings. The summed E-state index contributed by atoms with van der Waals surface area (Å²) in [6, 6.07) is 24.9. The molecule has 5 rings (SSSR count). The summed E-state index contributed by atoms with van der Waals surface area (Å²) in [7, 11) is 0. The molecule has 1 heterocycles. The van der Waals surface area contributed by atoms with E-state index in [1.807, 2.05) is 30.5 Å². The Bertz CT molecular complexity index is 1250. The Kier molecular flexibility index (Phi) is 6.85. The molecule has 0 atom stereocenters. The van der Waals surface area contributed by atoms with Gasteiger partial charge in [0.05, 0.1) is 6.61 Å². The van der Waals surface area contributed by atoms with Crippen molar-refractivity contribution in [1.82, 2.24) is 9.97 Å². The number of hydrogen-bond donors (Lipinski definition) is 1. The number of H-pyrrole nitrogens is 1. The number of aromatic nitrogens is 2. The fourth-order valence-electron chi connectivity index (χ4n) is 4.80. The number of nitrogens with one attached hydrogen (secondary N) is 1. The molecular weight excluding hydrogens is 420 g/mol. The van der Waals surface area contributed by atoms with E-state index in [9.17, 15) is 4.79 Å². The quantitative estimate of drug-likeness (QED) is 0.344. The Morgan fingerprint density at radius 1 is 0.824 bits per heavy atom. The molecule has 0 spiro atoms. The second-order valence-electron chi connectivity index (χ2n) is 8.95. The first-order chi connectivity index (χ1) is 16.8. The highest BCUT2D eigenvalue weighted by molar-refractivity contribution is 5.99. The molecule has 4 heteroatoms. The number of hydrogen-bond acceptors (Lipinski definition) is 3. The maximum absolute atomic E-state index is 12.5. The number of rotatable bonds is 9. The highest BCUT2D eigenvalue weighted by Crippen LogP contribution is 2.32. The molecule has 3 aromatic carbocycles. The molecule has 4 aromatic rings. The zero-order chi connectivity index (χ0) is 23.2. The number of imidazole rings is 1. The van der Waals surface area contributed by atoms with Crippen molar-refractivity contribution in [1.29, 1.82) is 0 Å². The van der Waals surface area contributed by atoms with Gasteiger partial charge in [0.25, 0.3) is 0 Å². The molecule has 0 aliphatic heterocycles. The van der Waals surface area contributed by atoms with E-state index in [0.717, 1.165) is 54.9 Å². The van der Waals surface area contributed by atoms with Crippen LogP contribution < -0.4 is 4.74 Å². The van der Waals surface area contributed by atoms with Gasteiger partial charge < -0.3 is 9.72 Å². The van der Waals surface area contributed by atoms with Crippen LogP contribution in [0, 0.1) is 0 Å². The summed E-state index contributed by atoms with van der Waals surface area (Å²) in [4.78, 5) is 20.5. The van der Waals surface area contributed by atoms with Crippen molar-refractivity contribution >= 4 is 5.78 Å². The number of carbonyl (C=O) groups excluding carboxylic acids is 1. The molecular formula is C30H30N2O2. The Morgan fingerprint density at radius 2 is 1.59 bits per heavy atom. The van der Waals surface area contributed by atoms with Gasteiger partial charge >= 0.3 is 0 Å². The summed E-state index contributed by atoms with van der Waals surface area (Å²) < 4.78 is 6.29. The van der Waals surface area contributed by atoms with Gasteiger partial charge in [0.1, 0.15) is 11.6 Å². The molecule has 172 valence electrons. The summed E-state index contributed by atoms with van der Waals surface area (Å²) in [5.74, 6) is 2.10. The first-order valence-electron chi connectivity index (χ1n) is 12.2. The van der Waals surface area contributed by atoms with Crippen molar-refractivity contribution in [3.63, 3.8) is 0 Å². The Balaban J connectivity index is 1.27. The number of carbonyl (C=O) groups is 1. The fourth-order valence-corrected chi connectivity index (χ4v) is 4.80. The number of ketones is 1. The SMILES string of the molecule is O=C1CCCc2c1ccc(OCCc1ncc(Cc3ccccc3)[nH]1)c2CCc1ccccc1. The predicted molar refractivity (Wildman–Crippen MR) is 135 cm³/mol. The third-order valence-electron chi connectivity index (χ3n) is 6.54. The van der Waals surface area contributed by atoms with Crippen molar-refractivity contribution in [3.8, 4) is 5.75 Å². The average Bonchev–Trinajstić information content (AvgIpc) is 3.31. The number of aryl methyl sites for hydroxylation is 1. The van der Waals surface area contributed by atoms with E-state index in [-0.39, 0.29) is 5.78 Å². The van der Waals surface area contributed by atoms with E-state index in [2.05, 4.69) is 58.5 Å². The zero-order valence-corrected chi connectivity index (χ0v) is 19.4. The zero-order valence-electron chi connectivity index (χ0n) is 19.4. The van der Waals surface area contributed by atoms with Crippen LogP contribution in [0.5, 0.6) is 5.75 Å². The summed E-state index contributed by atoms with van der Waals surface area (Å²) in [6.07, 6.45) is 7.79. The van der Waals surface area contributed by atoms with Gasteiger partial charge in [0.2, 0.25) is 0 Å². The number of benzene rings is 3. The van der Waals surface area contributed by atoms with Crippen LogP contribution >= 0.6 is 0 Å². The molecule has 0 saturated carbocycles. The second-order valence-corrected chi connectivity index (χ2v) is 8.95. The summed E-state index contributed by atoms with van der Waals surface area (Å²) >= 11 is 0. The average molecular weight is 451 g/mol. The molecule has 0 amide bonds. The summed E-state index contributed by atoms with van der Waals surface area (Å²) in [5.41, 5.74) is 6.94. The lowest BCUT2D eigenvalue weighted by Crippen LogP contribution is -2.15. The molecule has 0 saturated heterocycles. The van der Waals surface area contributed by atoms with Crippen molar-refractivity contribution < 1.29 is 9.53 Å². The smallest absolute Gasteiger partial charge is 0.163 e. The molecule has 1 aliphatic carbocycles. The van der Waals surface area contributed by atoms with Crippen LogP contribution in [0.25, 0.3) is 0 Å². The molecule has 1 N–H and O–H groups in total. The topological polar surface area (TPSA) is 55.0 Å². The minimum atomic E-state index is 0.260. The lowest BCUT2D eigenvalue weighted by molar-refractivity contribution is 0.0972. The van der Waals surface area contributed by atoms with Gasteiger partial charge in [-0.2, -0.15) is 0 Å². The van der Waals surface area contributed by atoms with E-state index in [1.54, 1.807) is 0 Å². The van der Waals surface area contributed by atoms with Crippen LogP contribution in [0.2, 0.25) is 0 Å². The summed E-state index contributed by atoms with van der Waals surface area (Å²) in [6.45, 7) is 0.545. The van der Waals surface area contributed by atoms with E-state index >= 15 is 0 Å². The highest BCUT2D eigenvalue weighted by atomic mass is 16.5. The Labute approximate surface area is 201 Å². The van der Waals surface area contributed by atoms with Crippen LogP contribution in [0.15, 0.2) is 79.0 Å². The minimum Gasteiger partial charge on any atom is -0.493 e. The third kappa shape index (κ3) is 5.28. The molecule has 4 nitrogen and oxygen atoms in total. The molecule has 1 aromatic heterocycles. The van der Waals surface area contributed by atoms with Crippen LogP contribution in [-0.4, -0.2) is 22.4 Å². The van der Waals surface area contributed by atoms with E-state index < -0.39 is 0 Å². The second kappa shape index (κ2) is 10.5. The number of aromatic amines is 1. The number of Topliss-reactive ketones (excluding diaryl/α,β-unsaturated/α-hetero) is 1. The molecule has 0 fully saturated rings. The third-order valence-corrected chi connectivity index (χ3v) is 6.54. The van der Waals surface area contributed by atoms with Crippen LogP contribution in [-0.2, 0) is 32.1 Å². The number of nitrogens with zero attached hydrogens (tertiary/aromatic N) is 1. The van der Waals surface area contributed by atoms with Gasteiger partial charge in [-0.25, -0.2) is 4.98 Å². The first-order valence-corrected chi connectivity index (χ1v) is 12.2. The lowest BCUT2D eigenvalue weighted by atomic mass is 9.85. The fraction of sp³-hybridized carbons (Fsp3) is 0.267. The highest BCUT2D eigenvalue weighted by Gasteiger charge is 2.22. The largest absolute Gasteiger partial charge is 0.493 e. The maximum atomic E-state index is 12.5. The van der Waals surface area contributed by atoms with E-state index in [0.29, 0.717) is 19.4 Å². The van der Waals surface area contributed by atoms with Crippen molar-refractivity contribution in [2.45, 2.75) is 44.9 Å². The van der Waals surface area contributed by atoms with Crippen LogP contribution in [0.4, 0.5) is 0 Å². The number of fused-ring (bicyclic) bond motifs is 1.